The smallest absolute Gasteiger partial charge is 0.130 e. The zero-order valence-electron chi connectivity index (χ0n) is 13.2. The molecular formula is C16H22Cl2N2O2. The first-order valence-electron chi connectivity index (χ1n) is 7.24. The average molecular weight is 345 g/mol. The zero-order chi connectivity index (χ0) is 16.7. The lowest BCUT2D eigenvalue weighted by molar-refractivity contribution is -0.106. The number of nitrogens with zero attached hydrogens (tertiary/aromatic N) is 1. The third-order valence-corrected chi connectivity index (χ3v) is 4.02. The fourth-order valence-corrected chi connectivity index (χ4v) is 3.00. The first-order valence-corrected chi connectivity index (χ1v) is 8.00. The second-order valence-electron chi connectivity index (χ2n) is 4.49. The molecule has 0 amide bonds. The second-order valence-corrected chi connectivity index (χ2v) is 5.28. The van der Waals surface area contributed by atoms with Crippen LogP contribution < -0.4 is 10.5 Å². The number of ether oxygens (including phenoxy) is 1. The maximum atomic E-state index is 8.81. The number of halogens is 2. The molecule has 6 heteroatoms. The number of fused-ring (bicyclic) bond motifs is 3. The van der Waals surface area contributed by atoms with Crippen molar-refractivity contribution in [2.24, 2.45) is 5.73 Å². The van der Waals surface area contributed by atoms with E-state index in [1.165, 1.54) is 26.1 Å². The van der Waals surface area contributed by atoms with E-state index in [4.69, 9.17) is 32.7 Å². The first kappa shape index (κ1) is 18.8. The largest absolute Gasteiger partial charge is 0.493 e. The number of aromatic nitrogens is 1. The standard InChI is InChI=1S/C13H13Cl2NO.C2H4O.CH5N/c1-2-17-11-7-10(14)12(15)13-9(11)6-8-4-3-5-16(8)13;1-2-3;1-2/h6-7H,2-5H2,1H3;2H,1H3;2H2,1H3. The van der Waals surface area contributed by atoms with Crippen molar-refractivity contribution in [1.29, 1.82) is 0 Å². The van der Waals surface area contributed by atoms with Crippen LogP contribution in [0, 0.1) is 0 Å². The van der Waals surface area contributed by atoms with Crippen LogP contribution >= 0.6 is 23.2 Å². The van der Waals surface area contributed by atoms with E-state index in [2.05, 4.69) is 16.4 Å². The molecule has 0 atom stereocenters. The van der Waals surface area contributed by atoms with Gasteiger partial charge in [-0.15, -0.1) is 0 Å². The Hall–Kier alpha value is -1.23. The summed E-state index contributed by atoms with van der Waals surface area (Å²) >= 11 is 12.5. The van der Waals surface area contributed by atoms with Crippen LogP contribution in [0.2, 0.25) is 10.0 Å². The van der Waals surface area contributed by atoms with Crippen LogP contribution in [0.15, 0.2) is 12.1 Å². The van der Waals surface area contributed by atoms with E-state index in [0.29, 0.717) is 16.7 Å². The number of carbonyl (C=O) groups is 1. The van der Waals surface area contributed by atoms with Gasteiger partial charge in [0.2, 0.25) is 0 Å². The maximum Gasteiger partial charge on any atom is 0.130 e. The predicted octanol–water partition coefficient (Wildman–Crippen LogP) is 4.07. The van der Waals surface area contributed by atoms with Gasteiger partial charge in [0.1, 0.15) is 12.0 Å². The van der Waals surface area contributed by atoms with E-state index < -0.39 is 0 Å². The Kier molecular flexibility index (Phi) is 7.73. The van der Waals surface area contributed by atoms with Crippen molar-refractivity contribution in [3.05, 3.63) is 27.9 Å². The van der Waals surface area contributed by atoms with Gasteiger partial charge in [-0.1, -0.05) is 23.2 Å². The Bertz CT molecular complexity index is 639. The van der Waals surface area contributed by atoms with Gasteiger partial charge in [0, 0.05) is 23.7 Å². The number of benzene rings is 1. The highest BCUT2D eigenvalue weighted by molar-refractivity contribution is 6.45. The SMILES string of the molecule is CC=O.CCOc1cc(Cl)c(Cl)c2c1cc1n2CCC1.CN. The number of hydrogen-bond donors (Lipinski definition) is 1. The van der Waals surface area contributed by atoms with Gasteiger partial charge in [-0.2, -0.15) is 0 Å². The number of rotatable bonds is 2. The highest BCUT2D eigenvalue weighted by atomic mass is 35.5. The molecule has 0 saturated carbocycles. The number of carbonyl (C=O) groups excluding carboxylic acids is 1. The Balaban J connectivity index is 0.000000435. The minimum atomic E-state index is 0.565. The molecule has 2 N–H and O–H groups in total. The third-order valence-electron chi connectivity index (χ3n) is 3.24. The Morgan fingerprint density at radius 1 is 1.36 bits per heavy atom. The molecule has 0 radical (unpaired) electrons. The summed E-state index contributed by atoms with van der Waals surface area (Å²) in [6.07, 6.45) is 3.03. The molecule has 3 rings (SSSR count). The van der Waals surface area contributed by atoms with Crippen molar-refractivity contribution in [2.45, 2.75) is 33.2 Å². The molecule has 1 aromatic carbocycles. The van der Waals surface area contributed by atoms with Gasteiger partial charge in [0.15, 0.2) is 0 Å². The molecule has 1 aliphatic heterocycles. The highest BCUT2D eigenvalue weighted by Gasteiger charge is 2.20. The number of nitrogens with two attached hydrogens (primary N) is 1. The number of aryl methyl sites for hydroxylation is 2. The summed E-state index contributed by atoms with van der Waals surface area (Å²) in [5.41, 5.74) is 6.85. The molecule has 1 aliphatic rings. The first-order chi connectivity index (χ1) is 10.6. The lowest BCUT2D eigenvalue weighted by Crippen LogP contribution is -1.95. The van der Waals surface area contributed by atoms with Crippen molar-refractivity contribution in [1.82, 2.24) is 4.57 Å². The normalized spacial score (nSPS) is 11.9. The molecule has 2 heterocycles. The van der Waals surface area contributed by atoms with Crippen LogP contribution in [-0.4, -0.2) is 24.5 Å². The summed E-state index contributed by atoms with van der Waals surface area (Å²) in [7, 11) is 1.50. The average Bonchev–Trinajstić information content (AvgIpc) is 3.08. The minimum absolute atomic E-state index is 0.565. The van der Waals surface area contributed by atoms with Crippen LogP contribution in [0.1, 0.15) is 26.0 Å². The van der Waals surface area contributed by atoms with Crippen LogP contribution in [0.5, 0.6) is 5.75 Å². The summed E-state index contributed by atoms with van der Waals surface area (Å²) < 4.78 is 7.89. The summed E-state index contributed by atoms with van der Waals surface area (Å²) in [6, 6.07) is 3.99. The van der Waals surface area contributed by atoms with Gasteiger partial charge < -0.3 is 19.8 Å². The lowest BCUT2D eigenvalue weighted by atomic mass is 10.2. The van der Waals surface area contributed by atoms with Crippen molar-refractivity contribution in [2.75, 3.05) is 13.7 Å². The van der Waals surface area contributed by atoms with Gasteiger partial charge in [-0.3, -0.25) is 0 Å². The summed E-state index contributed by atoms with van der Waals surface area (Å²) in [5.74, 6) is 0.832. The van der Waals surface area contributed by atoms with E-state index in [9.17, 15) is 0 Å². The molecule has 1 aromatic heterocycles. The van der Waals surface area contributed by atoms with E-state index in [0.717, 1.165) is 35.9 Å². The molecule has 0 saturated heterocycles. The Morgan fingerprint density at radius 3 is 2.59 bits per heavy atom. The quantitative estimate of drug-likeness (QED) is 0.835. The van der Waals surface area contributed by atoms with Crippen LogP contribution in [0.25, 0.3) is 10.9 Å². The summed E-state index contributed by atoms with van der Waals surface area (Å²) in [6.45, 7) is 5.07. The molecule has 2 aromatic rings. The van der Waals surface area contributed by atoms with E-state index in [1.807, 2.05) is 13.0 Å². The molecule has 22 heavy (non-hydrogen) atoms. The molecule has 0 spiro atoms. The maximum absolute atomic E-state index is 8.81. The molecule has 0 fully saturated rings. The van der Waals surface area contributed by atoms with Gasteiger partial charge >= 0.3 is 0 Å². The van der Waals surface area contributed by atoms with Crippen molar-refractivity contribution >= 4 is 40.4 Å². The van der Waals surface area contributed by atoms with Gasteiger partial charge in [0.25, 0.3) is 0 Å². The van der Waals surface area contributed by atoms with Gasteiger partial charge in [0.05, 0.1) is 22.2 Å². The summed E-state index contributed by atoms with van der Waals surface area (Å²) in [4.78, 5) is 8.81. The van der Waals surface area contributed by atoms with Crippen LogP contribution in [0.3, 0.4) is 0 Å². The topological polar surface area (TPSA) is 57.2 Å². The van der Waals surface area contributed by atoms with E-state index in [-0.39, 0.29) is 0 Å². The Morgan fingerprint density at radius 2 is 2.00 bits per heavy atom. The lowest BCUT2D eigenvalue weighted by Gasteiger charge is -2.09. The third kappa shape index (κ3) is 3.75. The monoisotopic (exact) mass is 344 g/mol. The molecular weight excluding hydrogens is 323 g/mol. The molecule has 0 unspecified atom stereocenters. The molecule has 0 aliphatic carbocycles. The van der Waals surface area contributed by atoms with Gasteiger partial charge in [-0.05, 0) is 39.8 Å². The van der Waals surface area contributed by atoms with Crippen molar-refractivity contribution in [3.63, 3.8) is 0 Å². The van der Waals surface area contributed by atoms with E-state index in [1.54, 1.807) is 0 Å². The predicted molar refractivity (Wildman–Crippen MR) is 93.3 cm³/mol. The Labute approximate surface area is 141 Å². The number of hydrogen-bond acceptors (Lipinski definition) is 3. The minimum Gasteiger partial charge on any atom is -0.493 e. The van der Waals surface area contributed by atoms with E-state index >= 15 is 0 Å². The van der Waals surface area contributed by atoms with Crippen molar-refractivity contribution < 1.29 is 9.53 Å². The molecule has 122 valence electrons. The van der Waals surface area contributed by atoms with Crippen molar-refractivity contribution in [3.8, 4) is 5.75 Å². The second kappa shape index (κ2) is 9.03. The molecule has 0 bridgehead atoms. The fourth-order valence-electron chi connectivity index (χ4n) is 2.55. The van der Waals surface area contributed by atoms with Crippen LogP contribution in [-0.2, 0) is 17.8 Å². The number of aldehydes is 1. The zero-order valence-corrected chi connectivity index (χ0v) is 14.7. The van der Waals surface area contributed by atoms with Crippen LogP contribution in [0.4, 0.5) is 0 Å². The summed E-state index contributed by atoms with van der Waals surface area (Å²) in [5, 5.41) is 2.28. The molecule has 4 nitrogen and oxygen atoms in total. The fraction of sp³-hybridized carbons (Fsp3) is 0.438. The highest BCUT2D eigenvalue weighted by Crippen LogP contribution is 2.41. The van der Waals surface area contributed by atoms with Gasteiger partial charge in [-0.25, -0.2) is 0 Å².